The summed E-state index contributed by atoms with van der Waals surface area (Å²) in [5.41, 5.74) is 13.1. The number of nitrogens with zero attached hydrogens (tertiary/aromatic N) is 2. The SMILES string of the molecule is CC.Cc1cc(Cl)ccc1/C(=C\N)C1=CCN(CCC2CN(C=O)c3ccccc32)CC1. The number of hydrogen-bond donors (Lipinski definition) is 1. The van der Waals surface area contributed by atoms with Crippen LogP contribution < -0.4 is 10.6 Å². The summed E-state index contributed by atoms with van der Waals surface area (Å²) in [5.74, 6) is 0.410. The number of amides is 1. The van der Waals surface area contributed by atoms with Gasteiger partial charge >= 0.3 is 0 Å². The van der Waals surface area contributed by atoms with Crippen LogP contribution in [-0.2, 0) is 4.79 Å². The fourth-order valence-electron chi connectivity index (χ4n) is 4.67. The van der Waals surface area contributed by atoms with Crippen LogP contribution in [0.2, 0.25) is 5.02 Å². The molecule has 4 nitrogen and oxygen atoms in total. The average Bonchev–Trinajstić information content (AvgIpc) is 3.19. The second-order valence-electron chi connectivity index (χ2n) is 8.12. The van der Waals surface area contributed by atoms with Crippen LogP contribution in [-0.4, -0.2) is 37.5 Å². The highest BCUT2D eigenvalue weighted by atomic mass is 35.5. The van der Waals surface area contributed by atoms with Crippen molar-refractivity contribution in [2.45, 2.75) is 39.5 Å². The second-order valence-corrected chi connectivity index (χ2v) is 8.56. The Morgan fingerprint density at radius 2 is 2.00 bits per heavy atom. The van der Waals surface area contributed by atoms with Gasteiger partial charge in [0.05, 0.1) is 0 Å². The molecule has 170 valence electrons. The lowest BCUT2D eigenvalue weighted by Crippen LogP contribution is -2.31. The van der Waals surface area contributed by atoms with Crippen molar-refractivity contribution in [2.75, 3.05) is 31.1 Å². The Labute approximate surface area is 197 Å². The van der Waals surface area contributed by atoms with E-state index in [1.54, 1.807) is 6.20 Å². The molecule has 0 aromatic heterocycles. The van der Waals surface area contributed by atoms with Crippen molar-refractivity contribution in [3.8, 4) is 0 Å². The van der Waals surface area contributed by atoms with E-state index < -0.39 is 0 Å². The first-order valence-corrected chi connectivity index (χ1v) is 11.9. The van der Waals surface area contributed by atoms with Crippen LogP contribution in [0.15, 0.2) is 60.3 Å². The highest BCUT2D eigenvalue weighted by Gasteiger charge is 2.28. The van der Waals surface area contributed by atoms with E-state index in [-0.39, 0.29) is 0 Å². The van der Waals surface area contributed by atoms with E-state index >= 15 is 0 Å². The van der Waals surface area contributed by atoms with Crippen LogP contribution >= 0.6 is 11.6 Å². The van der Waals surface area contributed by atoms with E-state index in [2.05, 4.69) is 36.1 Å². The number of hydrogen-bond acceptors (Lipinski definition) is 3. The van der Waals surface area contributed by atoms with Gasteiger partial charge in [-0.25, -0.2) is 0 Å². The van der Waals surface area contributed by atoms with E-state index in [4.69, 9.17) is 17.3 Å². The molecule has 1 atom stereocenters. The molecule has 32 heavy (non-hydrogen) atoms. The monoisotopic (exact) mass is 451 g/mol. The molecule has 2 aromatic rings. The highest BCUT2D eigenvalue weighted by Crippen LogP contribution is 2.37. The van der Waals surface area contributed by atoms with Crippen LogP contribution in [0.4, 0.5) is 5.69 Å². The second kappa shape index (κ2) is 11.3. The Morgan fingerprint density at radius 1 is 1.22 bits per heavy atom. The summed E-state index contributed by atoms with van der Waals surface area (Å²) in [6.45, 7) is 9.82. The largest absolute Gasteiger partial charge is 0.404 e. The number of benzene rings is 2. The zero-order chi connectivity index (χ0) is 23.1. The first-order valence-electron chi connectivity index (χ1n) is 11.5. The zero-order valence-corrected chi connectivity index (χ0v) is 20.1. The van der Waals surface area contributed by atoms with Gasteiger partial charge in [-0.2, -0.15) is 0 Å². The fraction of sp³-hybridized carbons (Fsp3) is 0.370. The maximum atomic E-state index is 11.4. The highest BCUT2D eigenvalue weighted by molar-refractivity contribution is 6.30. The Kier molecular flexibility index (Phi) is 8.54. The molecule has 0 radical (unpaired) electrons. The predicted octanol–water partition coefficient (Wildman–Crippen LogP) is 5.76. The van der Waals surface area contributed by atoms with Crippen molar-refractivity contribution in [3.05, 3.63) is 82.0 Å². The standard InChI is InChI=1S/C25H28ClN3O.C2H6/c1-18-14-21(26)6-7-22(18)24(15-27)19-8-11-28(12-9-19)13-10-20-16-29(17-30)25-5-3-2-4-23(20)25;1-2/h2-8,14-15,17,20H,9-13,16,27H2,1H3;1-2H3/b24-15-;. The van der Waals surface area contributed by atoms with Gasteiger partial charge in [0.25, 0.3) is 0 Å². The number of rotatable bonds is 6. The van der Waals surface area contributed by atoms with Crippen molar-refractivity contribution in [1.29, 1.82) is 0 Å². The molecule has 2 heterocycles. The Bertz CT molecular complexity index is 998. The molecule has 4 rings (SSSR count). The lowest BCUT2D eigenvalue weighted by atomic mass is 9.91. The van der Waals surface area contributed by atoms with Crippen molar-refractivity contribution in [1.82, 2.24) is 4.90 Å². The van der Waals surface area contributed by atoms with Gasteiger partial charge in [0.15, 0.2) is 0 Å². The summed E-state index contributed by atoms with van der Waals surface area (Å²) in [6.07, 6.45) is 7.01. The van der Waals surface area contributed by atoms with Crippen molar-refractivity contribution < 1.29 is 4.79 Å². The van der Waals surface area contributed by atoms with Gasteiger partial charge in [0, 0.05) is 48.0 Å². The number of para-hydroxylation sites is 1. The van der Waals surface area contributed by atoms with Crippen molar-refractivity contribution in [3.63, 3.8) is 0 Å². The third kappa shape index (κ3) is 5.25. The summed E-state index contributed by atoms with van der Waals surface area (Å²) in [5, 5.41) is 0.748. The molecule has 1 amide bonds. The summed E-state index contributed by atoms with van der Waals surface area (Å²) in [4.78, 5) is 15.7. The minimum atomic E-state index is 0.410. The van der Waals surface area contributed by atoms with Gasteiger partial charge in [0.2, 0.25) is 6.41 Å². The first kappa shape index (κ1) is 24.1. The molecule has 0 fully saturated rings. The number of nitrogens with two attached hydrogens (primary N) is 1. The number of anilines is 1. The van der Waals surface area contributed by atoms with Crippen molar-refractivity contribution >= 4 is 29.3 Å². The van der Waals surface area contributed by atoms with Gasteiger partial charge in [-0.1, -0.05) is 55.8 Å². The van der Waals surface area contributed by atoms with Gasteiger partial charge in [-0.05, 0) is 66.8 Å². The van der Waals surface area contributed by atoms with Gasteiger partial charge < -0.3 is 10.6 Å². The molecule has 0 spiro atoms. The molecule has 0 bridgehead atoms. The third-order valence-corrected chi connectivity index (χ3v) is 6.54. The number of allylic oxidation sites excluding steroid dienone is 1. The lowest BCUT2D eigenvalue weighted by Gasteiger charge is -2.28. The molecular weight excluding hydrogens is 418 g/mol. The molecule has 0 aliphatic carbocycles. The topological polar surface area (TPSA) is 49.6 Å². The van der Waals surface area contributed by atoms with E-state index in [0.29, 0.717) is 5.92 Å². The van der Waals surface area contributed by atoms with Crippen LogP contribution in [0.1, 0.15) is 49.3 Å². The molecule has 2 aliphatic heterocycles. The molecule has 0 saturated carbocycles. The van der Waals surface area contributed by atoms with Crippen molar-refractivity contribution in [2.24, 2.45) is 5.73 Å². The van der Waals surface area contributed by atoms with Crippen LogP contribution in [0, 0.1) is 6.92 Å². The van der Waals surface area contributed by atoms with E-state index in [0.717, 1.165) is 72.8 Å². The number of carbonyl (C=O) groups excluding carboxylic acids is 1. The predicted molar refractivity (Wildman–Crippen MR) is 136 cm³/mol. The van der Waals surface area contributed by atoms with E-state index in [1.165, 1.54) is 11.1 Å². The summed E-state index contributed by atoms with van der Waals surface area (Å²) < 4.78 is 0. The molecule has 1 unspecified atom stereocenters. The molecule has 0 saturated heterocycles. The maximum absolute atomic E-state index is 11.4. The molecule has 5 heteroatoms. The quantitative estimate of drug-likeness (QED) is 0.568. The van der Waals surface area contributed by atoms with Crippen LogP contribution in [0.25, 0.3) is 5.57 Å². The summed E-state index contributed by atoms with van der Waals surface area (Å²) in [6, 6.07) is 14.2. The number of halogens is 1. The Morgan fingerprint density at radius 3 is 2.66 bits per heavy atom. The zero-order valence-electron chi connectivity index (χ0n) is 19.4. The lowest BCUT2D eigenvalue weighted by molar-refractivity contribution is -0.107. The minimum Gasteiger partial charge on any atom is -0.404 e. The fourth-order valence-corrected chi connectivity index (χ4v) is 4.90. The third-order valence-electron chi connectivity index (χ3n) is 6.31. The average molecular weight is 452 g/mol. The molecule has 2 aromatic carbocycles. The Hall–Kier alpha value is -2.56. The van der Waals surface area contributed by atoms with Gasteiger partial charge in [-0.3, -0.25) is 9.69 Å². The Balaban J connectivity index is 0.00000141. The van der Waals surface area contributed by atoms with Gasteiger partial charge in [0.1, 0.15) is 0 Å². The van der Waals surface area contributed by atoms with E-state index in [9.17, 15) is 4.79 Å². The molecule has 2 N–H and O–H groups in total. The molecule has 2 aliphatic rings. The number of carbonyl (C=O) groups is 1. The minimum absolute atomic E-state index is 0.410. The normalized spacial score (nSPS) is 18.5. The number of fused-ring (bicyclic) bond motifs is 1. The maximum Gasteiger partial charge on any atom is 0.214 e. The number of aryl methyl sites for hydroxylation is 1. The van der Waals surface area contributed by atoms with Crippen LogP contribution in [0.3, 0.4) is 0 Å². The van der Waals surface area contributed by atoms with Gasteiger partial charge in [-0.15, -0.1) is 0 Å². The van der Waals surface area contributed by atoms with E-state index in [1.807, 2.05) is 43.0 Å². The first-order chi connectivity index (χ1) is 15.6. The van der Waals surface area contributed by atoms with Crippen LogP contribution in [0.5, 0.6) is 0 Å². The summed E-state index contributed by atoms with van der Waals surface area (Å²) in [7, 11) is 0. The smallest absolute Gasteiger partial charge is 0.214 e. The summed E-state index contributed by atoms with van der Waals surface area (Å²) >= 11 is 6.11. The molecular formula is C27H34ClN3O.